The van der Waals surface area contributed by atoms with Crippen molar-refractivity contribution in [3.63, 3.8) is 0 Å². The van der Waals surface area contributed by atoms with E-state index in [0.717, 1.165) is 11.1 Å². The molecule has 1 amide bonds. The predicted octanol–water partition coefficient (Wildman–Crippen LogP) is 4.73. The van der Waals surface area contributed by atoms with Crippen LogP contribution in [0.3, 0.4) is 0 Å². The second-order valence-electron chi connectivity index (χ2n) is 8.36. The number of aromatic hydroxyl groups is 1. The maximum Gasteiger partial charge on any atom is 0.354 e. The van der Waals surface area contributed by atoms with Crippen LogP contribution in [0.25, 0.3) is 17.0 Å². The molecule has 0 spiro atoms. The maximum atomic E-state index is 13.0. The van der Waals surface area contributed by atoms with E-state index in [1.54, 1.807) is 24.3 Å². The zero-order chi connectivity index (χ0) is 26.5. The van der Waals surface area contributed by atoms with Crippen molar-refractivity contribution in [2.75, 3.05) is 7.11 Å². The number of rotatable bonds is 7. The van der Waals surface area contributed by atoms with Gasteiger partial charge in [0.25, 0.3) is 5.91 Å². The molecule has 186 valence electrons. The van der Waals surface area contributed by atoms with Crippen LogP contribution >= 0.6 is 0 Å². The Morgan fingerprint density at radius 1 is 0.946 bits per heavy atom. The van der Waals surface area contributed by atoms with Crippen molar-refractivity contribution in [3.05, 3.63) is 113 Å². The van der Waals surface area contributed by atoms with Gasteiger partial charge in [-0.25, -0.2) is 14.6 Å². The molecule has 0 aliphatic heterocycles. The number of carbonyl (C=O) groups is 3. The molecule has 1 unspecified atom stereocenters. The number of carbonyl (C=O) groups excluding carboxylic acids is 2. The number of aromatic carboxylic acids is 1. The van der Waals surface area contributed by atoms with Crippen molar-refractivity contribution in [1.29, 1.82) is 0 Å². The van der Waals surface area contributed by atoms with Gasteiger partial charge in [0.1, 0.15) is 17.1 Å². The van der Waals surface area contributed by atoms with Gasteiger partial charge in [0.05, 0.1) is 18.2 Å². The van der Waals surface area contributed by atoms with Gasteiger partial charge in [0.2, 0.25) is 0 Å². The van der Waals surface area contributed by atoms with E-state index in [2.05, 4.69) is 10.3 Å². The fraction of sp³-hybridized carbons (Fsp3) is 0.103. The Balaban J connectivity index is 1.70. The molecule has 3 aromatic carbocycles. The molecule has 0 saturated carbocycles. The largest absolute Gasteiger partial charge is 0.508 e. The molecule has 1 heterocycles. The fourth-order valence-electron chi connectivity index (χ4n) is 3.92. The average Bonchev–Trinajstić information content (AvgIpc) is 2.92. The lowest BCUT2D eigenvalue weighted by molar-refractivity contribution is -0.136. The number of hydrogen-bond donors (Lipinski definition) is 3. The number of methoxy groups -OCH3 is 1. The Labute approximate surface area is 212 Å². The van der Waals surface area contributed by atoms with Crippen molar-refractivity contribution in [2.24, 2.45) is 0 Å². The average molecular weight is 497 g/mol. The number of aromatic nitrogens is 1. The number of benzene rings is 3. The van der Waals surface area contributed by atoms with Crippen LogP contribution in [0, 0.1) is 0 Å². The van der Waals surface area contributed by atoms with Crippen LogP contribution in [0.4, 0.5) is 0 Å². The Hall–Kier alpha value is -4.98. The van der Waals surface area contributed by atoms with Gasteiger partial charge < -0.3 is 20.3 Å². The quantitative estimate of drug-likeness (QED) is 0.249. The minimum atomic E-state index is -1.21. The highest BCUT2D eigenvalue weighted by molar-refractivity contribution is 6.08. The minimum Gasteiger partial charge on any atom is -0.508 e. The number of carboxylic acids is 1. The number of phenols is 1. The molecule has 0 aliphatic rings. The highest BCUT2D eigenvalue weighted by Crippen LogP contribution is 2.28. The number of ether oxygens (including phenoxy) is 1. The standard InChI is InChI=1S/C29H24N2O6/c1-17(19-6-4-3-5-7-19)20-10-13-24-22(15-20)23(28(34)35)16-25(30-24)27(33)31-26(29(36)37-2)14-18-8-11-21(32)12-9-18/h3-17,32H,1-2H3,(H,31,33)(H,34,35)/b26-14+. The third-order valence-electron chi connectivity index (χ3n) is 5.95. The van der Waals surface area contributed by atoms with Crippen molar-refractivity contribution in [1.82, 2.24) is 10.3 Å². The molecule has 0 aliphatic carbocycles. The normalized spacial score (nSPS) is 12.1. The number of hydrogen-bond acceptors (Lipinski definition) is 6. The van der Waals surface area contributed by atoms with Crippen LogP contribution in [-0.4, -0.2) is 40.2 Å². The van der Waals surface area contributed by atoms with Crippen molar-refractivity contribution in [3.8, 4) is 5.75 Å². The smallest absolute Gasteiger partial charge is 0.354 e. The van der Waals surface area contributed by atoms with Crippen molar-refractivity contribution in [2.45, 2.75) is 12.8 Å². The summed E-state index contributed by atoms with van der Waals surface area (Å²) in [6.45, 7) is 2.03. The second kappa shape index (κ2) is 10.7. The van der Waals surface area contributed by atoms with Crippen LogP contribution in [0.2, 0.25) is 0 Å². The van der Waals surface area contributed by atoms with Crippen LogP contribution in [0.1, 0.15) is 50.4 Å². The SMILES string of the molecule is COC(=O)/C(=C\c1ccc(O)cc1)NC(=O)c1cc(C(=O)O)c2cc(C(C)c3ccccc3)ccc2n1. The topological polar surface area (TPSA) is 126 Å². The molecule has 4 rings (SSSR count). The highest BCUT2D eigenvalue weighted by Gasteiger charge is 2.20. The summed E-state index contributed by atoms with van der Waals surface area (Å²) in [6.07, 6.45) is 1.37. The Morgan fingerprint density at radius 2 is 1.65 bits per heavy atom. The summed E-state index contributed by atoms with van der Waals surface area (Å²) in [7, 11) is 1.17. The molecular weight excluding hydrogens is 472 g/mol. The molecule has 0 fully saturated rings. The Bertz CT molecular complexity index is 1510. The van der Waals surface area contributed by atoms with Gasteiger partial charge >= 0.3 is 11.9 Å². The summed E-state index contributed by atoms with van der Waals surface area (Å²) in [5, 5.41) is 22.2. The summed E-state index contributed by atoms with van der Waals surface area (Å²) >= 11 is 0. The molecule has 8 heteroatoms. The van der Waals surface area contributed by atoms with Gasteiger partial charge in [0.15, 0.2) is 0 Å². The molecule has 3 N–H and O–H groups in total. The zero-order valence-corrected chi connectivity index (χ0v) is 20.1. The molecule has 8 nitrogen and oxygen atoms in total. The van der Waals surface area contributed by atoms with Gasteiger partial charge in [-0.05, 0) is 53.1 Å². The fourth-order valence-corrected chi connectivity index (χ4v) is 3.92. The van der Waals surface area contributed by atoms with E-state index in [9.17, 15) is 24.6 Å². The lowest BCUT2D eigenvalue weighted by Crippen LogP contribution is -2.29. The van der Waals surface area contributed by atoms with Gasteiger partial charge in [0, 0.05) is 11.3 Å². The number of phenolic OH excluding ortho intramolecular Hbond substituents is 1. The number of esters is 1. The van der Waals surface area contributed by atoms with Crippen molar-refractivity contribution >= 4 is 34.8 Å². The molecule has 0 radical (unpaired) electrons. The van der Waals surface area contributed by atoms with E-state index in [1.807, 2.05) is 43.3 Å². The molecule has 4 aromatic rings. The van der Waals surface area contributed by atoms with E-state index < -0.39 is 17.8 Å². The number of amides is 1. The Morgan fingerprint density at radius 3 is 2.30 bits per heavy atom. The third-order valence-corrected chi connectivity index (χ3v) is 5.95. The molecule has 0 bridgehead atoms. The van der Waals surface area contributed by atoms with Crippen LogP contribution in [0.5, 0.6) is 5.75 Å². The second-order valence-corrected chi connectivity index (χ2v) is 8.36. The molecular formula is C29H24N2O6. The molecule has 37 heavy (non-hydrogen) atoms. The van der Waals surface area contributed by atoms with E-state index in [-0.39, 0.29) is 28.6 Å². The highest BCUT2D eigenvalue weighted by atomic mass is 16.5. The van der Waals surface area contributed by atoms with E-state index in [0.29, 0.717) is 16.5 Å². The number of fused-ring (bicyclic) bond motifs is 1. The summed E-state index contributed by atoms with van der Waals surface area (Å²) in [5.74, 6) is -2.73. The lowest BCUT2D eigenvalue weighted by atomic mass is 9.91. The summed E-state index contributed by atoms with van der Waals surface area (Å²) in [6, 6.07) is 22.3. The zero-order valence-electron chi connectivity index (χ0n) is 20.1. The van der Waals surface area contributed by atoms with Crippen LogP contribution < -0.4 is 5.32 Å². The first-order valence-electron chi connectivity index (χ1n) is 11.4. The minimum absolute atomic E-state index is 0.0165. The number of pyridine rings is 1. The van der Waals surface area contributed by atoms with Gasteiger partial charge in [-0.2, -0.15) is 0 Å². The maximum absolute atomic E-state index is 13.0. The van der Waals surface area contributed by atoms with Crippen LogP contribution in [-0.2, 0) is 9.53 Å². The van der Waals surface area contributed by atoms with E-state index in [1.165, 1.54) is 31.4 Å². The number of nitrogens with one attached hydrogen (secondary N) is 1. The molecule has 1 aromatic heterocycles. The number of nitrogens with zero attached hydrogens (tertiary/aromatic N) is 1. The summed E-state index contributed by atoms with van der Waals surface area (Å²) in [5.41, 5.74) is 2.41. The molecule has 0 saturated heterocycles. The van der Waals surface area contributed by atoms with Gasteiger partial charge in [-0.15, -0.1) is 0 Å². The number of carboxylic acid groups (broad SMARTS) is 1. The molecule has 1 atom stereocenters. The summed E-state index contributed by atoms with van der Waals surface area (Å²) in [4.78, 5) is 41.8. The first-order chi connectivity index (χ1) is 17.8. The van der Waals surface area contributed by atoms with E-state index >= 15 is 0 Å². The lowest BCUT2D eigenvalue weighted by Gasteiger charge is -2.15. The third kappa shape index (κ3) is 5.65. The van der Waals surface area contributed by atoms with Gasteiger partial charge in [-0.3, -0.25) is 4.79 Å². The Kier molecular flexibility index (Phi) is 7.29. The van der Waals surface area contributed by atoms with Crippen molar-refractivity contribution < 1.29 is 29.3 Å². The van der Waals surface area contributed by atoms with E-state index in [4.69, 9.17) is 4.74 Å². The first kappa shape index (κ1) is 25.1. The van der Waals surface area contributed by atoms with Crippen LogP contribution in [0.15, 0.2) is 84.6 Å². The monoisotopic (exact) mass is 496 g/mol. The van der Waals surface area contributed by atoms with Gasteiger partial charge in [-0.1, -0.05) is 55.5 Å². The summed E-state index contributed by atoms with van der Waals surface area (Å²) < 4.78 is 4.76. The first-order valence-corrected chi connectivity index (χ1v) is 11.4. The predicted molar refractivity (Wildman–Crippen MR) is 138 cm³/mol.